The molecule has 0 saturated heterocycles. The molecule has 7 nitrogen and oxygen atoms in total. The first-order valence-corrected chi connectivity index (χ1v) is 6.94. The third-order valence-electron chi connectivity index (χ3n) is 2.82. The molecule has 0 spiro atoms. The number of aldehydes is 1. The highest BCUT2D eigenvalue weighted by Crippen LogP contribution is 2.31. The van der Waals surface area contributed by atoms with Gasteiger partial charge in [-0.15, -0.1) is 0 Å². The van der Waals surface area contributed by atoms with E-state index in [-0.39, 0.29) is 16.9 Å². The van der Waals surface area contributed by atoms with E-state index in [0.717, 1.165) is 0 Å². The molecule has 0 radical (unpaired) electrons. The second-order valence-electron chi connectivity index (χ2n) is 4.06. The Bertz CT molecular complexity index is 761. The molecule has 0 aliphatic carbocycles. The van der Waals surface area contributed by atoms with Crippen LogP contribution < -0.4 is 4.72 Å². The molecule has 0 bridgehead atoms. The summed E-state index contributed by atoms with van der Waals surface area (Å²) in [5, 5.41) is 10.6. The summed E-state index contributed by atoms with van der Waals surface area (Å²) in [5.74, 6) is 0. The van der Waals surface area contributed by atoms with E-state index in [1.807, 2.05) is 0 Å². The fourth-order valence-corrected chi connectivity index (χ4v) is 2.32. The van der Waals surface area contributed by atoms with Crippen molar-refractivity contribution in [2.75, 3.05) is 4.72 Å². The van der Waals surface area contributed by atoms with Crippen molar-refractivity contribution in [3.8, 4) is 11.1 Å². The molecule has 21 heavy (non-hydrogen) atoms. The van der Waals surface area contributed by atoms with Crippen molar-refractivity contribution in [3.05, 3.63) is 58.1 Å². The molecule has 0 aromatic heterocycles. The SMILES string of the molecule is O=Cc1cccc(-c2ccc([N+](=O)[O-])cc2)c1N[SH](=O)=O. The van der Waals surface area contributed by atoms with Gasteiger partial charge in [-0.25, -0.2) is 8.42 Å². The molecule has 0 aliphatic heterocycles. The highest BCUT2D eigenvalue weighted by molar-refractivity contribution is 7.73. The Labute approximate surface area is 121 Å². The fraction of sp³-hybridized carbons (Fsp3) is 0. The van der Waals surface area contributed by atoms with E-state index < -0.39 is 15.8 Å². The summed E-state index contributed by atoms with van der Waals surface area (Å²) in [6.07, 6.45) is 0.538. The van der Waals surface area contributed by atoms with Crippen LogP contribution in [0.4, 0.5) is 11.4 Å². The molecule has 0 heterocycles. The van der Waals surface area contributed by atoms with Crippen LogP contribution in [0.1, 0.15) is 10.4 Å². The average Bonchev–Trinajstić information content (AvgIpc) is 2.47. The number of carbonyl (C=O) groups is 1. The summed E-state index contributed by atoms with van der Waals surface area (Å²) in [4.78, 5) is 21.1. The summed E-state index contributed by atoms with van der Waals surface area (Å²) in [6, 6.07) is 10.3. The maximum atomic E-state index is 11.0. The molecular formula is C13H10N2O5S. The van der Waals surface area contributed by atoms with Gasteiger partial charge in [-0.3, -0.25) is 19.6 Å². The van der Waals surface area contributed by atoms with Crippen LogP contribution in [0, 0.1) is 10.1 Å². The monoisotopic (exact) mass is 306 g/mol. The van der Waals surface area contributed by atoms with Crippen molar-refractivity contribution < 1.29 is 18.1 Å². The predicted octanol–water partition coefficient (Wildman–Crippen LogP) is 2.01. The van der Waals surface area contributed by atoms with Crippen molar-refractivity contribution in [1.29, 1.82) is 0 Å². The molecular weight excluding hydrogens is 296 g/mol. The number of anilines is 1. The number of nitrogens with zero attached hydrogens (tertiary/aromatic N) is 1. The van der Waals surface area contributed by atoms with Gasteiger partial charge in [-0.05, 0) is 23.8 Å². The lowest BCUT2D eigenvalue weighted by Gasteiger charge is -2.10. The first-order valence-electron chi connectivity index (χ1n) is 5.77. The minimum absolute atomic E-state index is 0.0743. The van der Waals surface area contributed by atoms with E-state index in [9.17, 15) is 23.3 Å². The van der Waals surface area contributed by atoms with Crippen molar-refractivity contribution in [2.24, 2.45) is 0 Å². The Morgan fingerprint density at radius 2 is 1.76 bits per heavy atom. The molecule has 0 fully saturated rings. The maximum Gasteiger partial charge on any atom is 0.269 e. The van der Waals surface area contributed by atoms with Crippen molar-refractivity contribution in [1.82, 2.24) is 0 Å². The number of nitro benzene ring substituents is 1. The van der Waals surface area contributed by atoms with Gasteiger partial charge in [-0.1, -0.05) is 12.1 Å². The van der Waals surface area contributed by atoms with E-state index in [1.54, 1.807) is 12.1 Å². The minimum Gasteiger partial charge on any atom is -0.298 e. The number of hydrogen-bond donors (Lipinski definition) is 2. The molecule has 0 unspecified atom stereocenters. The first-order chi connectivity index (χ1) is 10.0. The molecule has 2 rings (SSSR count). The molecule has 0 amide bonds. The fourth-order valence-electron chi connectivity index (χ4n) is 1.89. The Morgan fingerprint density at radius 3 is 2.29 bits per heavy atom. The largest absolute Gasteiger partial charge is 0.298 e. The summed E-state index contributed by atoms with van der Waals surface area (Å²) in [6.45, 7) is 0. The Hall–Kier alpha value is -2.74. The van der Waals surface area contributed by atoms with Crippen molar-refractivity contribution >= 4 is 28.6 Å². The average molecular weight is 306 g/mol. The van der Waals surface area contributed by atoms with Crippen molar-refractivity contribution in [2.45, 2.75) is 0 Å². The van der Waals surface area contributed by atoms with Gasteiger partial charge in [0.25, 0.3) is 5.69 Å². The number of nitrogens with one attached hydrogen (secondary N) is 1. The Balaban J connectivity index is 2.56. The molecule has 8 heteroatoms. The highest BCUT2D eigenvalue weighted by Gasteiger charge is 2.12. The quantitative estimate of drug-likeness (QED) is 0.380. The number of non-ortho nitro benzene ring substituents is 1. The number of rotatable bonds is 5. The summed E-state index contributed by atoms with van der Waals surface area (Å²) < 4.78 is 24.0. The normalized spacial score (nSPS) is 10.3. The van der Waals surface area contributed by atoms with Crippen LogP contribution in [-0.4, -0.2) is 19.6 Å². The van der Waals surface area contributed by atoms with E-state index in [0.29, 0.717) is 17.4 Å². The molecule has 2 aromatic rings. The molecule has 2 aromatic carbocycles. The number of thiol groups is 1. The number of para-hydroxylation sites is 1. The number of hydrogen-bond acceptors (Lipinski definition) is 5. The van der Waals surface area contributed by atoms with Crippen LogP contribution in [0.25, 0.3) is 11.1 Å². The van der Waals surface area contributed by atoms with Gasteiger partial charge in [0, 0.05) is 23.3 Å². The van der Waals surface area contributed by atoms with Crippen LogP contribution in [0.2, 0.25) is 0 Å². The lowest BCUT2D eigenvalue weighted by Crippen LogP contribution is -2.01. The number of carbonyl (C=O) groups excluding carboxylic acids is 1. The zero-order valence-corrected chi connectivity index (χ0v) is 11.4. The van der Waals surface area contributed by atoms with E-state index in [1.165, 1.54) is 30.3 Å². The lowest BCUT2D eigenvalue weighted by atomic mass is 10.0. The Morgan fingerprint density at radius 1 is 1.10 bits per heavy atom. The lowest BCUT2D eigenvalue weighted by molar-refractivity contribution is -0.384. The number of benzene rings is 2. The minimum atomic E-state index is -2.94. The van der Waals surface area contributed by atoms with Crippen LogP contribution in [-0.2, 0) is 10.9 Å². The smallest absolute Gasteiger partial charge is 0.269 e. The highest BCUT2D eigenvalue weighted by atomic mass is 32.2. The molecule has 0 saturated carbocycles. The van der Waals surface area contributed by atoms with Gasteiger partial charge in [0.2, 0.25) is 10.9 Å². The first kappa shape index (κ1) is 14.7. The van der Waals surface area contributed by atoms with Gasteiger partial charge < -0.3 is 0 Å². The second kappa shape index (κ2) is 6.14. The van der Waals surface area contributed by atoms with Crippen LogP contribution in [0.15, 0.2) is 42.5 Å². The summed E-state index contributed by atoms with van der Waals surface area (Å²) >= 11 is 0. The summed E-state index contributed by atoms with van der Waals surface area (Å²) in [7, 11) is -2.94. The van der Waals surface area contributed by atoms with Crippen LogP contribution in [0.3, 0.4) is 0 Å². The van der Waals surface area contributed by atoms with Crippen LogP contribution in [0.5, 0.6) is 0 Å². The van der Waals surface area contributed by atoms with Crippen molar-refractivity contribution in [3.63, 3.8) is 0 Å². The van der Waals surface area contributed by atoms with E-state index >= 15 is 0 Å². The van der Waals surface area contributed by atoms with Gasteiger partial charge in [0.1, 0.15) is 0 Å². The molecule has 0 atom stereocenters. The predicted molar refractivity (Wildman–Crippen MR) is 77.9 cm³/mol. The third kappa shape index (κ3) is 3.23. The molecule has 1 N–H and O–H groups in total. The zero-order valence-electron chi connectivity index (χ0n) is 10.6. The van der Waals surface area contributed by atoms with Gasteiger partial charge >= 0.3 is 0 Å². The third-order valence-corrected chi connectivity index (χ3v) is 3.22. The standard InChI is InChI=1S/C13H10N2O5S/c16-8-10-2-1-3-12(13(10)14-21(19)20)9-4-6-11(7-5-9)15(17)18/h1-8,21H,(H,14,19,20). The zero-order chi connectivity index (χ0) is 15.4. The van der Waals surface area contributed by atoms with Crippen LogP contribution >= 0.6 is 0 Å². The molecule has 0 aliphatic rings. The molecule has 108 valence electrons. The van der Waals surface area contributed by atoms with Gasteiger partial charge in [-0.2, -0.15) is 0 Å². The number of nitro groups is 1. The topological polar surface area (TPSA) is 106 Å². The summed E-state index contributed by atoms with van der Waals surface area (Å²) in [5.41, 5.74) is 1.29. The Kier molecular flexibility index (Phi) is 4.29. The van der Waals surface area contributed by atoms with E-state index in [2.05, 4.69) is 4.72 Å². The second-order valence-corrected chi connectivity index (χ2v) is 4.80. The maximum absolute atomic E-state index is 11.0. The van der Waals surface area contributed by atoms with Gasteiger partial charge in [0.15, 0.2) is 6.29 Å². The van der Waals surface area contributed by atoms with E-state index in [4.69, 9.17) is 0 Å². The van der Waals surface area contributed by atoms with Gasteiger partial charge in [0.05, 0.1) is 10.6 Å².